The van der Waals surface area contributed by atoms with Crippen molar-refractivity contribution in [1.29, 1.82) is 0 Å². The minimum absolute atomic E-state index is 0.329. The van der Waals surface area contributed by atoms with Gasteiger partial charge in [-0.05, 0) is 25.3 Å². The second kappa shape index (κ2) is 3.30. The maximum absolute atomic E-state index is 4.21. The molecule has 1 heterocycles. The van der Waals surface area contributed by atoms with Gasteiger partial charge in [0.05, 0.1) is 5.52 Å². The molecule has 1 aromatic heterocycles. The van der Waals surface area contributed by atoms with Gasteiger partial charge in [-0.15, -0.1) is 5.10 Å². The minimum Gasteiger partial charge on any atom is -0.242 e. The molecule has 3 nitrogen and oxygen atoms in total. The molecule has 0 N–H and O–H groups in total. The normalized spacial score (nSPS) is 11.7. The van der Waals surface area contributed by atoms with Crippen LogP contribution in [0.5, 0.6) is 0 Å². The van der Waals surface area contributed by atoms with Gasteiger partial charge in [0.1, 0.15) is 5.52 Å². The average molecular weight is 211 g/mol. The Morgan fingerprint density at radius 3 is 2.69 bits per heavy atom. The Morgan fingerprint density at radius 1 is 1.06 bits per heavy atom. The number of benzene rings is 2. The van der Waals surface area contributed by atoms with E-state index >= 15 is 0 Å². The fourth-order valence-corrected chi connectivity index (χ4v) is 2.07. The highest BCUT2D eigenvalue weighted by Gasteiger charge is 2.10. The van der Waals surface area contributed by atoms with E-state index in [1.165, 1.54) is 10.8 Å². The lowest BCUT2D eigenvalue weighted by atomic mass is 10.1. The highest BCUT2D eigenvalue weighted by molar-refractivity contribution is 6.03. The van der Waals surface area contributed by atoms with E-state index in [1.54, 1.807) is 0 Å². The summed E-state index contributed by atoms with van der Waals surface area (Å²) < 4.78 is 1.98. The zero-order valence-electron chi connectivity index (χ0n) is 9.38. The van der Waals surface area contributed by atoms with E-state index in [-0.39, 0.29) is 0 Å². The number of fused-ring (bicyclic) bond motifs is 3. The monoisotopic (exact) mass is 211 g/mol. The summed E-state index contributed by atoms with van der Waals surface area (Å²) in [6, 6.07) is 12.8. The summed E-state index contributed by atoms with van der Waals surface area (Å²) >= 11 is 0. The third-order valence-electron chi connectivity index (χ3n) is 2.85. The van der Waals surface area contributed by atoms with Crippen LogP contribution in [0, 0.1) is 0 Å². The Bertz CT molecular complexity index is 652. The smallest absolute Gasteiger partial charge is 0.113 e. The molecule has 3 rings (SSSR count). The maximum Gasteiger partial charge on any atom is 0.113 e. The summed E-state index contributed by atoms with van der Waals surface area (Å²) in [5, 5.41) is 10.9. The Morgan fingerprint density at radius 2 is 1.88 bits per heavy atom. The molecule has 0 spiro atoms. The Hall–Kier alpha value is -1.90. The van der Waals surface area contributed by atoms with Crippen LogP contribution in [0.15, 0.2) is 36.4 Å². The molecular weight excluding hydrogens is 198 g/mol. The lowest BCUT2D eigenvalue weighted by Gasteiger charge is -2.07. The first-order chi connectivity index (χ1) is 7.77. The van der Waals surface area contributed by atoms with Gasteiger partial charge < -0.3 is 0 Å². The first kappa shape index (κ1) is 9.33. The molecule has 80 valence electrons. The van der Waals surface area contributed by atoms with E-state index in [9.17, 15) is 0 Å². The second-order valence-corrected chi connectivity index (χ2v) is 4.28. The molecule has 0 aliphatic carbocycles. The van der Waals surface area contributed by atoms with Crippen LogP contribution >= 0.6 is 0 Å². The Labute approximate surface area is 93.7 Å². The molecule has 0 fully saturated rings. The van der Waals surface area contributed by atoms with E-state index in [0.717, 1.165) is 11.0 Å². The zero-order valence-corrected chi connectivity index (χ0v) is 9.38. The van der Waals surface area contributed by atoms with Crippen LogP contribution in [0.4, 0.5) is 0 Å². The van der Waals surface area contributed by atoms with Crippen LogP contribution in [-0.2, 0) is 0 Å². The molecular formula is C13H13N3. The largest absolute Gasteiger partial charge is 0.242 e. The fourth-order valence-electron chi connectivity index (χ4n) is 2.07. The first-order valence-corrected chi connectivity index (χ1v) is 5.50. The van der Waals surface area contributed by atoms with E-state index in [4.69, 9.17) is 0 Å². The van der Waals surface area contributed by atoms with Crippen LogP contribution in [-0.4, -0.2) is 15.0 Å². The quantitative estimate of drug-likeness (QED) is 0.619. The summed E-state index contributed by atoms with van der Waals surface area (Å²) in [5.74, 6) is 0. The lowest BCUT2D eigenvalue weighted by molar-refractivity contribution is 0.531. The van der Waals surface area contributed by atoms with Gasteiger partial charge >= 0.3 is 0 Å². The molecule has 2 aromatic carbocycles. The van der Waals surface area contributed by atoms with Crippen molar-refractivity contribution >= 4 is 21.8 Å². The van der Waals surface area contributed by atoms with Crippen molar-refractivity contribution in [2.75, 3.05) is 0 Å². The number of aromatic nitrogens is 3. The van der Waals surface area contributed by atoms with Gasteiger partial charge in [0.2, 0.25) is 0 Å². The third-order valence-corrected chi connectivity index (χ3v) is 2.85. The van der Waals surface area contributed by atoms with E-state index < -0.39 is 0 Å². The predicted octanol–water partition coefficient (Wildman–Crippen LogP) is 3.17. The van der Waals surface area contributed by atoms with Gasteiger partial charge in [0.15, 0.2) is 0 Å². The molecule has 0 amide bonds. The molecule has 3 aromatic rings. The number of nitrogens with zero attached hydrogens (tertiary/aromatic N) is 3. The van der Waals surface area contributed by atoms with Crippen molar-refractivity contribution in [3.63, 3.8) is 0 Å². The summed E-state index contributed by atoms with van der Waals surface area (Å²) in [6.07, 6.45) is 0. The van der Waals surface area contributed by atoms with Gasteiger partial charge in [-0.3, -0.25) is 0 Å². The van der Waals surface area contributed by atoms with Crippen LogP contribution < -0.4 is 0 Å². The standard InChI is InChI=1S/C13H13N3/c1-9(2)16-13-11-6-4-3-5-10(11)7-8-12(13)14-15-16/h3-9H,1-2H3. The molecule has 0 unspecified atom stereocenters. The van der Waals surface area contributed by atoms with E-state index in [0.29, 0.717) is 6.04 Å². The topological polar surface area (TPSA) is 30.7 Å². The van der Waals surface area contributed by atoms with Crippen molar-refractivity contribution < 1.29 is 0 Å². The molecule has 0 atom stereocenters. The van der Waals surface area contributed by atoms with Crippen LogP contribution in [0.25, 0.3) is 21.8 Å². The van der Waals surface area contributed by atoms with Crippen LogP contribution in [0.1, 0.15) is 19.9 Å². The van der Waals surface area contributed by atoms with Gasteiger partial charge in [-0.25, -0.2) is 4.68 Å². The van der Waals surface area contributed by atoms with Crippen LogP contribution in [0.2, 0.25) is 0 Å². The summed E-state index contributed by atoms with van der Waals surface area (Å²) in [4.78, 5) is 0. The van der Waals surface area contributed by atoms with Gasteiger partial charge in [-0.2, -0.15) is 0 Å². The molecule has 0 saturated heterocycles. The summed E-state index contributed by atoms with van der Waals surface area (Å²) in [6.45, 7) is 4.24. The van der Waals surface area contributed by atoms with Crippen molar-refractivity contribution in [3.8, 4) is 0 Å². The molecule has 0 bridgehead atoms. The molecule has 16 heavy (non-hydrogen) atoms. The van der Waals surface area contributed by atoms with E-state index in [2.05, 4.69) is 54.5 Å². The van der Waals surface area contributed by atoms with Gasteiger partial charge in [0.25, 0.3) is 0 Å². The third kappa shape index (κ3) is 1.21. The number of hydrogen-bond donors (Lipinski definition) is 0. The Kier molecular flexibility index (Phi) is 1.93. The number of rotatable bonds is 1. The maximum atomic E-state index is 4.21. The molecule has 0 radical (unpaired) electrons. The highest BCUT2D eigenvalue weighted by Crippen LogP contribution is 2.25. The predicted molar refractivity (Wildman–Crippen MR) is 65.4 cm³/mol. The molecule has 3 heteroatoms. The molecule has 0 aliphatic rings. The molecule has 0 aliphatic heterocycles. The van der Waals surface area contributed by atoms with Gasteiger partial charge in [0, 0.05) is 11.4 Å². The molecule has 0 saturated carbocycles. The number of hydrogen-bond acceptors (Lipinski definition) is 2. The zero-order chi connectivity index (χ0) is 11.1. The Balaban J connectivity index is 2.52. The van der Waals surface area contributed by atoms with E-state index in [1.807, 2.05) is 10.7 Å². The van der Waals surface area contributed by atoms with Crippen LogP contribution in [0.3, 0.4) is 0 Å². The summed E-state index contributed by atoms with van der Waals surface area (Å²) in [5.41, 5.74) is 2.10. The first-order valence-electron chi connectivity index (χ1n) is 5.50. The average Bonchev–Trinajstić information content (AvgIpc) is 2.73. The minimum atomic E-state index is 0.329. The van der Waals surface area contributed by atoms with Gasteiger partial charge in [-0.1, -0.05) is 35.5 Å². The SMILES string of the molecule is CC(C)n1nnc2ccc3ccccc3c21. The lowest BCUT2D eigenvalue weighted by Crippen LogP contribution is -2.02. The van der Waals surface area contributed by atoms with Crippen molar-refractivity contribution in [3.05, 3.63) is 36.4 Å². The summed E-state index contributed by atoms with van der Waals surface area (Å²) in [7, 11) is 0. The second-order valence-electron chi connectivity index (χ2n) is 4.28. The van der Waals surface area contributed by atoms with Crippen molar-refractivity contribution in [2.45, 2.75) is 19.9 Å². The van der Waals surface area contributed by atoms with Crippen molar-refractivity contribution in [1.82, 2.24) is 15.0 Å². The fraction of sp³-hybridized carbons (Fsp3) is 0.231. The van der Waals surface area contributed by atoms with Crippen molar-refractivity contribution in [2.24, 2.45) is 0 Å². The highest BCUT2D eigenvalue weighted by atomic mass is 15.4.